The van der Waals surface area contributed by atoms with Crippen molar-refractivity contribution in [3.8, 4) is 16.9 Å². The average molecular weight is 388 g/mol. The summed E-state index contributed by atoms with van der Waals surface area (Å²) in [6.45, 7) is 1.96. The quantitative estimate of drug-likeness (QED) is 0.616. The van der Waals surface area contributed by atoms with Crippen LogP contribution in [0.4, 0.5) is 0 Å². The van der Waals surface area contributed by atoms with Crippen molar-refractivity contribution in [1.82, 2.24) is 4.98 Å². The molecule has 1 N–H and O–H groups in total. The van der Waals surface area contributed by atoms with Gasteiger partial charge in [0.05, 0.1) is 19.4 Å². The predicted molar refractivity (Wildman–Crippen MR) is 104 cm³/mol. The summed E-state index contributed by atoms with van der Waals surface area (Å²) in [6, 6.07) is 13.3. The highest BCUT2D eigenvalue weighted by Crippen LogP contribution is 2.38. The number of hydrogen-bond donors (Lipinski definition) is 1. The monoisotopic (exact) mass is 387 g/mol. The highest BCUT2D eigenvalue weighted by molar-refractivity contribution is 7.11. The van der Waals surface area contributed by atoms with Gasteiger partial charge in [0.15, 0.2) is 0 Å². The molecule has 0 aliphatic heterocycles. The Balaban J connectivity index is 2.11. The van der Waals surface area contributed by atoms with Gasteiger partial charge in [-0.2, -0.15) is 0 Å². The van der Waals surface area contributed by atoms with E-state index in [9.17, 15) is 9.90 Å². The number of aromatic nitrogens is 1. The molecule has 0 saturated heterocycles. The molecule has 1 atom stereocenters. The number of aliphatic carboxylic acids is 1. The summed E-state index contributed by atoms with van der Waals surface area (Å²) in [7, 11) is 1.59. The highest BCUT2D eigenvalue weighted by Gasteiger charge is 2.24. The Bertz CT molecular complexity index is 921. The van der Waals surface area contributed by atoms with Gasteiger partial charge in [-0.05, 0) is 42.3 Å². The van der Waals surface area contributed by atoms with Gasteiger partial charge < -0.3 is 9.84 Å². The van der Waals surface area contributed by atoms with Gasteiger partial charge >= 0.3 is 5.97 Å². The molecule has 26 heavy (non-hydrogen) atoms. The van der Waals surface area contributed by atoms with Gasteiger partial charge in [-0.25, -0.2) is 4.98 Å². The van der Waals surface area contributed by atoms with Crippen molar-refractivity contribution in [2.24, 2.45) is 0 Å². The molecule has 2 aromatic carbocycles. The maximum absolute atomic E-state index is 11.5. The van der Waals surface area contributed by atoms with Crippen molar-refractivity contribution in [3.63, 3.8) is 0 Å². The Morgan fingerprint density at radius 3 is 2.50 bits per heavy atom. The van der Waals surface area contributed by atoms with Crippen LogP contribution in [0.3, 0.4) is 0 Å². The largest absolute Gasteiger partial charge is 0.496 e. The van der Waals surface area contributed by atoms with Gasteiger partial charge in [-0.1, -0.05) is 29.8 Å². The van der Waals surface area contributed by atoms with Crippen LogP contribution < -0.4 is 4.74 Å². The number of hydrogen-bond acceptors (Lipinski definition) is 4. The summed E-state index contributed by atoms with van der Waals surface area (Å²) in [5.41, 5.74) is 2.79. The number of nitrogens with zero attached hydrogens (tertiary/aromatic N) is 1. The Morgan fingerprint density at radius 1 is 1.23 bits per heavy atom. The molecule has 6 heteroatoms. The number of carboxylic acid groups (broad SMARTS) is 1. The fourth-order valence-electron chi connectivity index (χ4n) is 2.87. The summed E-state index contributed by atoms with van der Waals surface area (Å²) in [5, 5.41) is 10.9. The number of ether oxygens (including phenoxy) is 1. The number of halogens is 1. The van der Waals surface area contributed by atoms with Gasteiger partial charge in [0.1, 0.15) is 10.8 Å². The van der Waals surface area contributed by atoms with Crippen molar-refractivity contribution in [2.75, 3.05) is 7.11 Å². The van der Waals surface area contributed by atoms with Crippen LogP contribution in [0.1, 0.15) is 27.8 Å². The van der Waals surface area contributed by atoms with Crippen molar-refractivity contribution < 1.29 is 14.6 Å². The minimum absolute atomic E-state index is 0.0482. The lowest BCUT2D eigenvalue weighted by Crippen LogP contribution is -2.09. The molecular formula is C20H18ClNO3S. The van der Waals surface area contributed by atoms with E-state index in [1.165, 1.54) is 11.3 Å². The summed E-state index contributed by atoms with van der Waals surface area (Å²) < 4.78 is 5.51. The molecule has 134 valence electrons. The maximum Gasteiger partial charge on any atom is 0.304 e. The fourth-order valence-corrected chi connectivity index (χ4v) is 3.89. The molecule has 4 nitrogen and oxygen atoms in total. The van der Waals surface area contributed by atoms with Crippen molar-refractivity contribution in [3.05, 3.63) is 69.1 Å². The lowest BCUT2D eigenvalue weighted by Gasteiger charge is -2.18. The van der Waals surface area contributed by atoms with Gasteiger partial charge in [0.2, 0.25) is 0 Å². The van der Waals surface area contributed by atoms with Crippen LogP contribution in [0.5, 0.6) is 5.75 Å². The Hall–Kier alpha value is -2.37. The molecule has 0 spiro atoms. The normalized spacial score (nSPS) is 12.0. The molecule has 0 amide bonds. The zero-order chi connectivity index (χ0) is 18.7. The van der Waals surface area contributed by atoms with E-state index in [0.717, 1.165) is 26.6 Å². The third kappa shape index (κ3) is 4.06. The summed E-state index contributed by atoms with van der Waals surface area (Å²) in [6.07, 6.45) is 1.72. The summed E-state index contributed by atoms with van der Waals surface area (Å²) in [5.74, 6) is -0.586. The van der Waals surface area contributed by atoms with E-state index in [-0.39, 0.29) is 12.3 Å². The molecule has 3 rings (SSSR count). The van der Waals surface area contributed by atoms with Crippen LogP contribution in [0.2, 0.25) is 5.02 Å². The molecule has 0 saturated carbocycles. The van der Waals surface area contributed by atoms with Crippen molar-refractivity contribution in [1.29, 1.82) is 0 Å². The number of thiazole rings is 1. The lowest BCUT2D eigenvalue weighted by atomic mass is 9.92. The van der Waals surface area contributed by atoms with Gasteiger partial charge in [-0.15, -0.1) is 11.3 Å². The van der Waals surface area contributed by atoms with E-state index in [1.807, 2.05) is 49.4 Å². The molecule has 0 fully saturated rings. The molecule has 1 unspecified atom stereocenters. The summed E-state index contributed by atoms with van der Waals surface area (Å²) >= 11 is 7.48. The first-order chi connectivity index (χ1) is 12.5. The Morgan fingerprint density at radius 2 is 1.92 bits per heavy atom. The van der Waals surface area contributed by atoms with Crippen molar-refractivity contribution >= 4 is 28.9 Å². The van der Waals surface area contributed by atoms with E-state index < -0.39 is 5.97 Å². The molecule has 3 aromatic rings. The van der Waals surface area contributed by atoms with Gasteiger partial charge in [0, 0.05) is 21.7 Å². The Kier molecular flexibility index (Phi) is 5.59. The number of aryl methyl sites for hydroxylation is 1. The highest BCUT2D eigenvalue weighted by atomic mass is 35.5. The van der Waals surface area contributed by atoms with E-state index in [1.54, 1.807) is 13.3 Å². The van der Waals surface area contributed by atoms with E-state index in [4.69, 9.17) is 16.3 Å². The summed E-state index contributed by atoms with van der Waals surface area (Å²) in [4.78, 5) is 16.9. The van der Waals surface area contributed by atoms with E-state index in [2.05, 4.69) is 4.98 Å². The number of methoxy groups -OCH3 is 1. The first kappa shape index (κ1) is 18.4. The van der Waals surface area contributed by atoms with Crippen molar-refractivity contribution in [2.45, 2.75) is 19.3 Å². The zero-order valence-electron chi connectivity index (χ0n) is 14.4. The minimum Gasteiger partial charge on any atom is -0.496 e. The predicted octanol–water partition coefficient (Wildman–Crippen LogP) is 5.39. The topological polar surface area (TPSA) is 59.4 Å². The zero-order valence-corrected chi connectivity index (χ0v) is 16.0. The maximum atomic E-state index is 11.5. The fraction of sp³-hybridized carbons (Fsp3) is 0.200. The number of carbonyl (C=O) groups is 1. The molecule has 0 radical (unpaired) electrons. The molecule has 0 aliphatic rings. The number of benzene rings is 2. The third-order valence-electron chi connectivity index (χ3n) is 4.10. The van der Waals surface area contributed by atoms with E-state index >= 15 is 0 Å². The Labute approximate surface area is 161 Å². The minimum atomic E-state index is -0.873. The van der Waals surface area contributed by atoms with Gasteiger partial charge in [-0.3, -0.25) is 4.79 Å². The second kappa shape index (κ2) is 7.89. The smallest absolute Gasteiger partial charge is 0.304 e. The SMILES string of the molecule is COc1ccc(-c2ccc(Cl)cc2)cc1C(CC(=O)O)c1ncc(C)s1. The lowest BCUT2D eigenvalue weighted by molar-refractivity contribution is -0.137. The standard InChI is InChI=1S/C20H18ClNO3S/c1-12-11-22-20(26-12)17(10-19(23)24)16-9-14(5-8-18(16)25-2)13-3-6-15(21)7-4-13/h3-9,11,17H,10H2,1-2H3,(H,23,24). The molecule has 0 aliphatic carbocycles. The molecule has 0 bridgehead atoms. The van der Waals surface area contributed by atoms with Crippen LogP contribution in [0, 0.1) is 6.92 Å². The van der Waals surface area contributed by atoms with E-state index in [0.29, 0.717) is 10.8 Å². The van der Waals surface area contributed by atoms with Crippen LogP contribution >= 0.6 is 22.9 Å². The third-order valence-corrected chi connectivity index (χ3v) is 5.38. The number of rotatable bonds is 6. The van der Waals surface area contributed by atoms with Crippen LogP contribution in [-0.2, 0) is 4.79 Å². The second-order valence-corrected chi connectivity index (χ2v) is 7.63. The average Bonchev–Trinajstić information content (AvgIpc) is 3.06. The first-order valence-electron chi connectivity index (χ1n) is 8.06. The molecule has 1 heterocycles. The first-order valence-corrected chi connectivity index (χ1v) is 9.25. The van der Waals surface area contributed by atoms with Gasteiger partial charge in [0.25, 0.3) is 0 Å². The molecule has 1 aromatic heterocycles. The van der Waals surface area contributed by atoms with Crippen LogP contribution in [0.15, 0.2) is 48.7 Å². The van der Waals surface area contributed by atoms with Crippen LogP contribution in [0.25, 0.3) is 11.1 Å². The van der Waals surface area contributed by atoms with Crippen LogP contribution in [-0.4, -0.2) is 23.2 Å². The second-order valence-electron chi connectivity index (χ2n) is 5.92. The number of carboxylic acids is 1. The molecular weight excluding hydrogens is 370 g/mol.